The van der Waals surface area contributed by atoms with Gasteiger partial charge in [0.2, 0.25) is 5.91 Å². The predicted octanol–water partition coefficient (Wildman–Crippen LogP) is 0.960. The van der Waals surface area contributed by atoms with E-state index < -0.39 is 6.04 Å². The van der Waals surface area contributed by atoms with Crippen LogP contribution in [0.25, 0.3) is 0 Å². The van der Waals surface area contributed by atoms with Gasteiger partial charge < -0.3 is 10.1 Å². The van der Waals surface area contributed by atoms with Gasteiger partial charge in [0.15, 0.2) is 0 Å². The first-order chi connectivity index (χ1) is 12.0. The molecular formula is C18H24FN3O3. The molecule has 1 fully saturated rings. The molecule has 1 amide bonds. The molecule has 0 bridgehead atoms. The lowest BCUT2D eigenvalue weighted by Crippen LogP contribution is -2.51. The summed E-state index contributed by atoms with van der Waals surface area (Å²) in [7, 11) is 1.35. The van der Waals surface area contributed by atoms with Gasteiger partial charge in [0, 0.05) is 32.7 Å². The number of halogens is 1. The van der Waals surface area contributed by atoms with E-state index in [4.69, 9.17) is 4.74 Å². The van der Waals surface area contributed by atoms with Crippen molar-refractivity contribution in [3.8, 4) is 0 Å². The zero-order chi connectivity index (χ0) is 18.2. The number of amides is 1. The second kappa shape index (κ2) is 9.29. The Hall–Kier alpha value is -2.25. The van der Waals surface area contributed by atoms with Crippen LogP contribution in [0.3, 0.4) is 0 Å². The number of nitrogens with zero attached hydrogens (tertiary/aromatic N) is 2. The number of rotatable bonds is 7. The van der Waals surface area contributed by atoms with Crippen LogP contribution in [-0.2, 0) is 14.3 Å². The van der Waals surface area contributed by atoms with Gasteiger partial charge in [-0.25, -0.2) is 9.18 Å². The normalized spacial score (nSPS) is 16.9. The first-order valence-corrected chi connectivity index (χ1v) is 8.22. The lowest BCUT2D eigenvalue weighted by Gasteiger charge is -2.37. The topological polar surface area (TPSA) is 61.9 Å². The minimum Gasteiger partial charge on any atom is -0.468 e. The number of hydrogen-bond donors (Lipinski definition) is 1. The zero-order valence-electron chi connectivity index (χ0n) is 14.4. The van der Waals surface area contributed by atoms with Crippen LogP contribution in [0.1, 0.15) is 11.6 Å². The monoisotopic (exact) mass is 349 g/mol. The van der Waals surface area contributed by atoms with E-state index in [1.54, 1.807) is 18.2 Å². The molecule has 0 unspecified atom stereocenters. The molecule has 1 aliphatic rings. The zero-order valence-corrected chi connectivity index (χ0v) is 14.4. The summed E-state index contributed by atoms with van der Waals surface area (Å²) in [6.45, 7) is 6.90. The summed E-state index contributed by atoms with van der Waals surface area (Å²) in [6, 6.07) is 5.32. The first kappa shape index (κ1) is 19.1. The second-order valence-electron chi connectivity index (χ2n) is 5.88. The Labute approximate surface area is 147 Å². The molecule has 1 saturated heterocycles. The van der Waals surface area contributed by atoms with Gasteiger partial charge in [-0.05, 0) is 17.7 Å². The van der Waals surface area contributed by atoms with E-state index >= 15 is 0 Å². The molecule has 0 spiro atoms. The summed E-state index contributed by atoms with van der Waals surface area (Å²) < 4.78 is 18.1. The number of piperazine rings is 1. The number of nitrogens with one attached hydrogen (secondary N) is 1. The number of methoxy groups -OCH3 is 1. The molecule has 0 aromatic heterocycles. The van der Waals surface area contributed by atoms with E-state index in [2.05, 4.69) is 11.9 Å². The molecule has 7 heteroatoms. The molecule has 1 heterocycles. The minimum absolute atomic E-state index is 0.0450. The highest BCUT2D eigenvalue weighted by Crippen LogP contribution is 2.24. The lowest BCUT2D eigenvalue weighted by atomic mass is 10.0. The maximum atomic E-state index is 13.2. The van der Waals surface area contributed by atoms with Crippen molar-refractivity contribution in [2.75, 3.05) is 46.4 Å². The summed E-state index contributed by atoms with van der Waals surface area (Å²) >= 11 is 0. The molecule has 1 atom stereocenters. The number of esters is 1. The predicted molar refractivity (Wildman–Crippen MR) is 92.4 cm³/mol. The Morgan fingerprint density at radius 3 is 2.48 bits per heavy atom. The van der Waals surface area contributed by atoms with E-state index in [-0.39, 0.29) is 17.7 Å². The van der Waals surface area contributed by atoms with Crippen LogP contribution in [0.4, 0.5) is 4.39 Å². The Kier molecular flexibility index (Phi) is 7.09. The Morgan fingerprint density at radius 2 is 1.92 bits per heavy atom. The average Bonchev–Trinajstić information content (AvgIpc) is 2.63. The van der Waals surface area contributed by atoms with Crippen molar-refractivity contribution in [3.05, 3.63) is 48.3 Å². The van der Waals surface area contributed by atoms with Gasteiger partial charge in [0.1, 0.15) is 11.9 Å². The van der Waals surface area contributed by atoms with E-state index in [0.29, 0.717) is 44.8 Å². The molecule has 6 nitrogen and oxygen atoms in total. The maximum absolute atomic E-state index is 13.2. The molecule has 1 aromatic carbocycles. The van der Waals surface area contributed by atoms with Crippen LogP contribution < -0.4 is 5.32 Å². The van der Waals surface area contributed by atoms with Crippen molar-refractivity contribution in [3.63, 3.8) is 0 Å². The number of hydrogen-bond acceptors (Lipinski definition) is 5. The molecule has 25 heavy (non-hydrogen) atoms. The van der Waals surface area contributed by atoms with E-state index in [1.165, 1.54) is 19.2 Å². The van der Waals surface area contributed by atoms with E-state index in [1.807, 2.05) is 9.80 Å². The standard InChI is InChI=1S/C18H24FN3O3/c1-3-8-20-16(23)13-21-9-11-22(12-10-21)17(18(24)25-2)14-4-6-15(19)7-5-14/h3-7,17H,1,8-13H2,2H3,(H,20,23)/t17-/m1/s1. The summed E-state index contributed by atoms with van der Waals surface area (Å²) in [5.41, 5.74) is 0.699. The molecule has 0 radical (unpaired) electrons. The van der Waals surface area contributed by atoms with Gasteiger partial charge >= 0.3 is 5.97 Å². The second-order valence-corrected chi connectivity index (χ2v) is 5.88. The molecule has 0 aliphatic carbocycles. The van der Waals surface area contributed by atoms with E-state index in [9.17, 15) is 14.0 Å². The van der Waals surface area contributed by atoms with Crippen LogP contribution in [-0.4, -0.2) is 68.1 Å². The first-order valence-electron chi connectivity index (χ1n) is 8.22. The van der Waals surface area contributed by atoms with Crippen molar-refractivity contribution < 1.29 is 18.7 Å². The summed E-state index contributed by atoms with van der Waals surface area (Å²) in [5, 5.41) is 2.75. The Morgan fingerprint density at radius 1 is 1.28 bits per heavy atom. The van der Waals surface area contributed by atoms with Gasteiger partial charge in [-0.3, -0.25) is 14.6 Å². The van der Waals surface area contributed by atoms with Gasteiger partial charge in [0.25, 0.3) is 0 Å². The van der Waals surface area contributed by atoms with Crippen molar-refractivity contribution in [1.82, 2.24) is 15.1 Å². The van der Waals surface area contributed by atoms with Crippen LogP contribution in [0.5, 0.6) is 0 Å². The Bertz CT molecular complexity index is 598. The fourth-order valence-corrected chi connectivity index (χ4v) is 2.88. The van der Waals surface area contributed by atoms with Crippen LogP contribution >= 0.6 is 0 Å². The fraction of sp³-hybridized carbons (Fsp3) is 0.444. The highest BCUT2D eigenvalue weighted by Gasteiger charge is 2.31. The van der Waals surface area contributed by atoms with Gasteiger partial charge in [-0.2, -0.15) is 0 Å². The maximum Gasteiger partial charge on any atom is 0.327 e. The average molecular weight is 349 g/mol. The molecule has 1 aliphatic heterocycles. The third-order valence-corrected chi connectivity index (χ3v) is 4.19. The third kappa shape index (κ3) is 5.37. The van der Waals surface area contributed by atoms with Crippen LogP contribution in [0.15, 0.2) is 36.9 Å². The molecule has 136 valence electrons. The summed E-state index contributed by atoms with van der Waals surface area (Å²) in [6.07, 6.45) is 1.64. The molecule has 1 aromatic rings. The van der Waals surface area contributed by atoms with E-state index in [0.717, 1.165) is 0 Å². The molecule has 0 saturated carbocycles. The Balaban J connectivity index is 1.97. The number of benzene rings is 1. The van der Waals surface area contributed by atoms with Gasteiger partial charge in [-0.15, -0.1) is 6.58 Å². The summed E-state index contributed by atoms with van der Waals surface area (Å²) in [4.78, 5) is 28.0. The number of carbonyl (C=O) groups excluding carboxylic acids is 2. The van der Waals surface area contributed by atoms with Gasteiger partial charge in [-0.1, -0.05) is 18.2 Å². The molecular weight excluding hydrogens is 325 g/mol. The largest absolute Gasteiger partial charge is 0.468 e. The van der Waals surface area contributed by atoms with Crippen LogP contribution in [0.2, 0.25) is 0 Å². The third-order valence-electron chi connectivity index (χ3n) is 4.19. The number of ether oxygens (including phenoxy) is 1. The summed E-state index contributed by atoms with van der Waals surface area (Å²) in [5.74, 6) is -0.761. The van der Waals surface area contributed by atoms with Crippen LogP contribution in [0, 0.1) is 5.82 Å². The minimum atomic E-state index is -0.567. The SMILES string of the molecule is C=CCNC(=O)CN1CCN([C@@H](C(=O)OC)c2ccc(F)cc2)CC1. The fourth-order valence-electron chi connectivity index (χ4n) is 2.88. The molecule has 2 rings (SSSR count). The molecule has 1 N–H and O–H groups in total. The van der Waals surface area contributed by atoms with Crippen molar-refractivity contribution in [2.24, 2.45) is 0 Å². The van der Waals surface area contributed by atoms with Crippen molar-refractivity contribution in [2.45, 2.75) is 6.04 Å². The highest BCUT2D eigenvalue weighted by atomic mass is 19.1. The smallest absolute Gasteiger partial charge is 0.327 e. The number of carbonyl (C=O) groups is 2. The van der Waals surface area contributed by atoms with Crippen molar-refractivity contribution >= 4 is 11.9 Å². The lowest BCUT2D eigenvalue weighted by molar-refractivity contribution is -0.148. The van der Waals surface area contributed by atoms with Crippen molar-refractivity contribution in [1.29, 1.82) is 0 Å². The van der Waals surface area contributed by atoms with Gasteiger partial charge in [0.05, 0.1) is 13.7 Å². The highest BCUT2D eigenvalue weighted by molar-refractivity contribution is 5.78. The quantitative estimate of drug-likeness (QED) is 0.587.